The van der Waals surface area contributed by atoms with Gasteiger partial charge in [0.15, 0.2) is 6.29 Å². The third-order valence-electron chi connectivity index (χ3n) is 1.72. The molecule has 13 heavy (non-hydrogen) atoms. The van der Waals surface area contributed by atoms with Gasteiger partial charge in [0.1, 0.15) is 11.6 Å². The van der Waals surface area contributed by atoms with Crippen LogP contribution in [0.2, 0.25) is 0 Å². The third kappa shape index (κ3) is 1.72. The second-order valence-corrected chi connectivity index (χ2v) is 3.35. The first kappa shape index (κ1) is 10.2. The first-order valence-corrected chi connectivity index (χ1v) is 4.39. The standard InChI is InChI=1S/C9H8BrFO2/c1-5-3-7(13-2)8(10)6(4-12)9(5)11/h3-4H,1-2H3. The van der Waals surface area contributed by atoms with E-state index < -0.39 is 5.82 Å². The minimum atomic E-state index is -0.511. The van der Waals surface area contributed by atoms with Gasteiger partial charge in [-0.2, -0.15) is 0 Å². The van der Waals surface area contributed by atoms with E-state index in [-0.39, 0.29) is 5.56 Å². The van der Waals surface area contributed by atoms with Gasteiger partial charge >= 0.3 is 0 Å². The number of carbonyl (C=O) groups excluding carboxylic acids is 1. The highest BCUT2D eigenvalue weighted by molar-refractivity contribution is 9.10. The second-order valence-electron chi connectivity index (χ2n) is 2.56. The SMILES string of the molecule is COc1cc(C)c(F)c(C=O)c1Br. The van der Waals surface area contributed by atoms with Crippen LogP contribution >= 0.6 is 15.9 Å². The molecular weight excluding hydrogens is 239 g/mol. The summed E-state index contributed by atoms with van der Waals surface area (Å²) in [6, 6.07) is 1.53. The topological polar surface area (TPSA) is 26.3 Å². The summed E-state index contributed by atoms with van der Waals surface area (Å²) in [5.74, 6) is -0.0522. The number of halogens is 2. The second kappa shape index (κ2) is 3.87. The lowest BCUT2D eigenvalue weighted by Gasteiger charge is -2.08. The Bertz CT molecular complexity index is 350. The zero-order valence-electron chi connectivity index (χ0n) is 7.23. The summed E-state index contributed by atoms with van der Waals surface area (Å²) in [4.78, 5) is 10.5. The van der Waals surface area contributed by atoms with Crippen LogP contribution in [0.5, 0.6) is 5.75 Å². The smallest absolute Gasteiger partial charge is 0.154 e. The van der Waals surface area contributed by atoms with Crippen molar-refractivity contribution in [2.24, 2.45) is 0 Å². The van der Waals surface area contributed by atoms with Gasteiger partial charge in [0.05, 0.1) is 17.1 Å². The molecule has 4 heteroatoms. The Balaban J connectivity index is 3.47. The van der Waals surface area contributed by atoms with Gasteiger partial charge in [0.2, 0.25) is 0 Å². The van der Waals surface area contributed by atoms with E-state index in [0.29, 0.717) is 22.1 Å². The molecule has 0 bridgehead atoms. The van der Waals surface area contributed by atoms with E-state index in [0.717, 1.165) is 0 Å². The lowest BCUT2D eigenvalue weighted by molar-refractivity contribution is 0.111. The normalized spacial score (nSPS) is 9.85. The Morgan fingerprint density at radius 1 is 1.62 bits per heavy atom. The van der Waals surface area contributed by atoms with Crippen molar-refractivity contribution in [2.45, 2.75) is 6.92 Å². The maximum Gasteiger partial charge on any atom is 0.154 e. The van der Waals surface area contributed by atoms with Crippen LogP contribution in [0, 0.1) is 12.7 Å². The first-order valence-electron chi connectivity index (χ1n) is 3.59. The maximum atomic E-state index is 13.3. The molecule has 0 heterocycles. The number of hydrogen-bond donors (Lipinski definition) is 0. The minimum absolute atomic E-state index is 0.00292. The Morgan fingerprint density at radius 3 is 2.69 bits per heavy atom. The molecule has 70 valence electrons. The van der Waals surface area contributed by atoms with Gasteiger partial charge in [-0.05, 0) is 34.5 Å². The van der Waals surface area contributed by atoms with Crippen molar-refractivity contribution in [3.05, 3.63) is 27.5 Å². The molecule has 0 aliphatic heterocycles. The molecule has 0 saturated heterocycles. The summed E-state index contributed by atoms with van der Waals surface area (Å²) < 4.78 is 18.6. The molecule has 1 aromatic carbocycles. The lowest BCUT2D eigenvalue weighted by atomic mass is 10.1. The molecule has 0 radical (unpaired) electrons. The third-order valence-corrected chi connectivity index (χ3v) is 2.54. The van der Waals surface area contributed by atoms with Gasteiger partial charge in [-0.25, -0.2) is 4.39 Å². The average molecular weight is 247 g/mol. The summed E-state index contributed by atoms with van der Waals surface area (Å²) in [5.41, 5.74) is 0.388. The minimum Gasteiger partial charge on any atom is -0.496 e. The molecule has 1 aromatic rings. The van der Waals surface area contributed by atoms with E-state index in [4.69, 9.17) is 4.74 Å². The van der Waals surface area contributed by atoms with Gasteiger partial charge in [-0.3, -0.25) is 4.79 Å². The van der Waals surface area contributed by atoms with Crippen LogP contribution in [0.3, 0.4) is 0 Å². The summed E-state index contributed by atoms with van der Waals surface area (Å²) >= 11 is 3.09. The monoisotopic (exact) mass is 246 g/mol. The van der Waals surface area contributed by atoms with E-state index in [1.807, 2.05) is 0 Å². The molecule has 0 amide bonds. The fraction of sp³-hybridized carbons (Fsp3) is 0.222. The van der Waals surface area contributed by atoms with Crippen LogP contribution in [0.25, 0.3) is 0 Å². The summed E-state index contributed by atoms with van der Waals surface area (Å²) in [7, 11) is 1.46. The van der Waals surface area contributed by atoms with Crippen LogP contribution in [-0.4, -0.2) is 13.4 Å². The van der Waals surface area contributed by atoms with Crippen molar-refractivity contribution in [1.82, 2.24) is 0 Å². The number of ether oxygens (including phenoxy) is 1. The lowest BCUT2D eigenvalue weighted by Crippen LogP contribution is -1.96. The van der Waals surface area contributed by atoms with E-state index in [9.17, 15) is 9.18 Å². The number of carbonyl (C=O) groups is 1. The number of hydrogen-bond acceptors (Lipinski definition) is 2. The highest BCUT2D eigenvalue weighted by Crippen LogP contribution is 2.31. The largest absolute Gasteiger partial charge is 0.496 e. The summed E-state index contributed by atoms with van der Waals surface area (Å²) in [6.45, 7) is 1.58. The van der Waals surface area contributed by atoms with Crippen molar-refractivity contribution >= 4 is 22.2 Å². The van der Waals surface area contributed by atoms with Gasteiger partial charge in [0, 0.05) is 0 Å². The van der Waals surface area contributed by atoms with Crippen molar-refractivity contribution in [1.29, 1.82) is 0 Å². The molecule has 0 saturated carbocycles. The molecule has 0 aliphatic rings. The van der Waals surface area contributed by atoms with Crippen molar-refractivity contribution in [3.63, 3.8) is 0 Å². The first-order chi connectivity index (χ1) is 6.11. The van der Waals surface area contributed by atoms with E-state index in [1.165, 1.54) is 13.2 Å². The highest BCUT2D eigenvalue weighted by atomic mass is 79.9. The molecule has 2 nitrogen and oxygen atoms in total. The van der Waals surface area contributed by atoms with Crippen LogP contribution in [-0.2, 0) is 0 Å². The van der Waals surface area contributed by atoms with Gasteiger partial charge in [-0.1, -0.05) is 0 Å². The molecule has 1 rings (SSSR count). The Morgan fingerprint density at radius 2 is 2.23 bits per heavy atom. The van der Waals surface area contributed by atoms with Crippen molar-refractivity contribution in [3.8, 4) is 5.75 Å². The van der Waals surface area contributed by atoms with E-state index >= 15 is 0 Å². The maximum absolute atomic E-state index is 13.3. The molecule has 0 aliphatic carbocycles. The number of benzene rings is 1. The molecule has 0 N–H and O–H groups in total. The van der Waals surface area contributed by atoms with Gasteiger partial charge in [0.25, 0.3) is 0 Å². The Kier molecular flexibility index (Phi) is 3.03. The number of aryl methyl sites for hydroxylation is 1. The van der Waals surface area contributed by atoms with Gasteiger partial charge in [-0.15, -0.1) is 0 Å². The fourth-order valence-electron chi connectivity index (χ4n) is 1.02. The molecule has 0 spiro atoms. The summed E-state index contributed by atoms with van der Waals surface area (Å²) in [6.07, 6.45) is 0.467. The van der Waals surface area contributed by atoms with E-state index in [2.05, 4.69) is 15.9 Å². The Hall–Kier alpha value is -0.900. The molecule has 0 fully saturated rings. The fourth-order valence-corrected chi connectivity index (χ4v) is 1.56. The van der Waals surface area contributed by atoms with Crippen LogP contribution in [0.4, 0.5) is 4.39 Å². The predicted octanol–water partition coefficient (Wildman–Crippen LogP) is 2.72. The molecule has 0 aromatic heterocycles. The van der Waals surface area contributed by atoms with Crippen LogP contribution < -0.4 is 4.74 Å². The number of rotatable bonds is 2. The zero-order chi connectivity index (χ0) is 10.0. The Labute approximate surface area is 83.8 Å². The van der Waals surface area contributed by atoms with Crippen molar-refractivity contribution in [2.75, 3.05) is 7.11 Å². The van der Waals surface area contributed by atoms with Crippen molar-refractivity contribution < 1.29 is 13.9 Å². The average Bonchev–Trinajstić information content (AvgIpc) is 2.12. The summed E-state index contributed by atoms with van der Waals surface area (Å²) in [5, 5.41) is 0. The number of methoxy groups -OCH3 is 1. The molecule has 0 atom stereocenters. The van der Waals surface area contributed by atoms with Gasteiger partial charge < -0.3 is 4.74 Å². The predicted molar refractivity (Wildman–Crippen MR) is 50.8 cm³/mol. The van der Waals surface area contributed by atoms with Crippen LogP contribution in [0.15, 0.2) is 10.5 Å². The van der Waals surface area contributed by atoms with E-state index in [1.54, 1.807) is 6.92 Å². The zero-order valence-corrected chi connectivity index (χ0v) is 8.81. The van der Waals surface area contributed by atoms with Crippen LogP contribution in [0.1, 0.15) is 15.9 Å². The highest BCUT2D eigenvalue weighted by Gasteiger charge is 2.13. The quantitative estimate of drug-likeness (QED) is 0.751. The number of aldehydes is 1. The molecular formula is C9H8BrFO2. The molecule has 0 unspecified atom stereocenters.